The fraction of sp³-hybridized carbons (Fsp3) is 0.364. The zero-order chi connectivity index (χ0) is 20.4. The smallest absolute Gasteiger partial charge is 0.269 e. The highest BCUT2D eigenvalue weighted by Crippen LogP contribution is 2.28. The maximum absolute atomic E-state index is 13.0. The number of piperidine rings is 1. The molecule has 2 aliphatic rings. The van der Waals surface area contributed by atoms with Crippen LogP contribution in [0.3, 0.4) is 0 Å². The van der Waals surface area contributed by atoms with Crippen molar-refractivity contribution in [2.24, 2.45) is 5.92 Å². The first-order chi connectivity index (χ1) is 14.0. The van der Waals surface area contributed by atoms with E-state index < -0.39 is 4.92 Å². The topological polar surface area (TPSA) is 83.8 Å². The van der Waals surface area contributed by atoms with E-state index in [2.05, 4.69) is 4.90 Å². The number of benzene rings is 2. The van der Waals surface area contributed by atoms with E-state index in [1.54, 1.807) is 6.07 Å². The van der Waals surface area contributed by atoms with E-state index in [0.29, 0.717) is 18.7 Å². The normalized spacial score (nSPS) is 17.0. The van der Waals surface area contributed by atoms with Crippen LogP contribution in [0.2, 0.25) is 0 Å². The lowest BCUT2D eigenvalue weighted by atomic mass is 9.92. The number of rotatable bonds is 4. The molecule has 4 rings (SSSR count). The number of nitro groups is 1. The maximum Gasteiger partial charge on any atom is 0.269 e. The molecule has 0 radical (unpaired) electrons. The molecule has 0 bridgehead atoms. The van der Waals surface area contributed by atoms with Gasteiger partial charge in [0.1, 0.15) is 6.29 Å². The number of fused-ring (bicyclic) bond motifs is 1. The third-order valence-electron chi connectivity index (χ3n) is 5.96. The lowest BCUT2D eigenvalue weighted by Gasteiger charge is -2.37. The van der Waals surface area contributed by atoms with Gasteiger partial charge in [0.05, 0.1) is 4.92 Å². The summed E-state index contributed by atoms with van der Waals surface area (Å²) in [5, 5.41) is 11.0. The Labute approximate surface area is 169 Å². The Balaban J connectivity index is 1.38. The van der Waals surface area contributed by atoms with Crippen LogP contribution in [-0.4, -0.2) is 41.7 Å². The van der Waals surface area contributed by atoms with Crippen molar-refractivity contribution in [1.82, 2.24) is 4.90 Å². The molecule has 0 saturated carbocycles. The second kappa shape index (κ2) is 8.03. The van der Waals surface area contributed by atoms with Crippen LogP contribution in [0.5, 0.6) is 0 Å². The van der Waals surface area contributed by atoms with E-state index >= 15 is 0 Å². The second-order valence-electron chi connectivity index (χ2n) is 7.69. The summed E-state index contributed by atoms with van der Waals surface area (Å²) in [6.07, 6.45) is 3.14. The highest BCUT2D eigenvalue weighted by Gasteiger charge is 2.31. The van der Waals surface area contributed by atoms with Crippen molar-refractivity contribution in [3.8, 4) is 0 Å². The lowest BCUT2D eigenvalue weighted by molar-refractivity contribution is -0.385. The molecule has 0 unspecified atom stereocenters. The van der Waals surface area contributed by atoms with Crippen molar-refractivity contribution in [2.75, 3.05) is 24.5 Å². The standard InChI is InChI=1S/C22H23N3O4/c26-15-16-1-4-20(5-2-16)23-10-8-18(9-11-23)22(27)24-12-7-17-3-6-21(25(28)29)13-19(17)14-24/h1-6,13,15,18H,7-12,14H2. The number of amides is 1. The largest absolute Gasteiger partial charge is 0.371 e. The molecule has 2 aromatic carbocycles. The minimum atomic E-state index is -0.390. The van der Waals surface area contributed by atoms with Crippen molar-refractivity contribution >= 4 is 23.6 Å². The zero-order valence-electron chi connectivity index (χ0n) is 16.1. The van der Waals surface area contributed by atoms with Gasteiger partial charge in [0.25, 0.3) is 5.69 Å². The number of non-ortho nitro benzene ring substituents is 1. The van der Waals surface area contributed by atoms with Crippen LogP contribution in [0.4, 0.5) is 11.4 Å². The predicted molar refractivity (Wildman–Crippen MR) is 109 cm³/mol. The SMILES string of the molecule is O=Cc1ccc(N2CCC(C(=O)N3CCc4ccc([N+](=O)[O-])cc4C3)CC2)cc1. The fourth-order valence-electron chi connectivity index (χ4n) is 4.25. The van der Waals surface area contributed by atoms with Crippen molar-refractivity contribution in [2.45, 2.75) is 25.8 Å². The first-order valence-electron chi connectivity index (χ1n) is 9.90. The summed E-state index contributed by atoms with van der Waals surface area (Å²) in [6.45, 7) is 2.71. The molecule has 7 nitrogen and oxygen atoms in total. The average Bonchev–Trinajstić information content (AvgIpc) is 2.78. The Kier molecular flexibility index (Phi) is 5.29. The minimum absolute atomic E-state index is 0.0132. The van der Waals surface area contributed by atoms with Gasteiger partial charge < -0.3 is 9.80 Å². The number of nitro benzene ring substituents is 1. The van der Waals surface area contributed by atoms with Gasteiger partial charge in [0.2, 0.25) is 5.91 Å². The van der Waals surface area contributed by atoms with Crippen molar-refractivity contribution < 1.29 is 14.5 Å². The number of anilines is 1. The Bertz CT molecular complexity index is 934. The summed E-state index contributed by atoms with van der Waals surface area (Å²) in [6, 6.07) is 12.5. The molecule has 0 spiro atoms. The van der Waals surface area contributed by atoms with E-state index in [-0.39, 0.29) is 17.5 Å². The zero-order valence-corrected chi connectivity index (χ0v) is 16.1. The molecule has 150 valence electrons. The van der Waals surface area contributed by atoms with Crippen LogP contribution in [0, 0.1) is 16.0 Å². The van der Waals surface area contributed by atoms with Gasteiger partial charge in [-0.1, -0.05) is 6.07 Å². The molecule has 1 amide bonds. The van der Waals surface area contributed by atoms with E-state index in [9.17, 15) is 19.7 Å². The lowest BCUT2D eigenvalue weighted by Crippen LogP contribution is -2.44. The average molecular weight is 393 g/mol. The molecule has 1 saturated heterocycles. The van der Waals surface area contributed by atoms with E-state index in [4.69, 9.17) is 0 Å². The third kappa shape index (κ3) is 3.99. The Hall–Kier alpha value is -3.22. The Morgan fingerprint density at radius 2 is 1.76 bits per heavy atom. The van der Waals surface area contributed by atoms with Gasteiger partial charge in [-0.05, 0) is 54.7 Å². The Morgan fingerprint density at radius 3 is 2.41 bits per heavy atom. The molecule has 2 heterocycles. The van der Waals surface area contributed by atoms with E-state index in [1.165, 1.54) is 6.07 Å². The molecule has 2 aromatic rings. The molecular weight excluding hydrogens is 370 g/mol. The van der Waals surface area contributed by atoms with Crippen LogP contribution >= 0.6 is 0 Å². The fourth-order valence-corrected chi connectivity index (χ4v) is 4.25. The summed E-state index contributed by atoms with van der Waals surface area (Å²) in [5.74, 6) is 0.138. The van der Waals surface area contributed by atoms with E-state index in [1.807, 2.05) is 35.2 Å². The second-order valence-corrected chi connectivity index (χ2v) is 7.69. The van der Waals surface area contributed by atoms with Gasteiger partial charge >= 0.3 is 0 Å². The Morgan fingerprint density at radius 1 is 1.03 bits per heavy atom. The van der Waals surface area contributed by atoms with Crippen LogP contribution < -0.4 is 4.90 Å². The monoisotopic (exact) mass is 393 g/mol. The van der Waals surface area contributed by atoms with Crippen LogP contribution in [0.1, 0.15) is 34.3 Å². The van der Waals surface area contributed by atoms with Gasteiger partial charge in [-0.3, -0.25) is 19.7 Å². The van der Waals surface area contributed by atoms with Crippen LogP contribution in [-0.2, 0) is 17.8 Å². The minimum Gasteiger partial charge on any atom is -0.371 e. The molecule has 0 aliphatic carbocycles. The highest BCUT2D eigenvalue weighted by molar-refractivity contribution is 5.80. The quantitative estimate of drug-likeness (QED) is 0.452. The molecule has 1 fully saturated rings. The van der Waals surface area contributed by atoms with Gasteiger partial charge in [-0.15, -0.1) is 0 Å². The van der Waals surface area contributed by atoms with Crippen LogP contribution in [0.15, 0.2) is 42.5 Å². The number of carbonyl (C=O) groups excluding carboxylic acids is 2. The highest BCUT2D eigenvalue weighted by atomic mass is 16.6. The molecular formula is C22H23N3O4. The van der Waals surface area contributed by atoms with Gasteiger partial charge in [0.15, 0.2) is 0 Å². The molecule has 0 aromatic heterocycles. The number of aldehydes is 1. The summed E-state index contributed by atoms with van der Waals surface area (Å²) < 4.78 is 0. The van der Waals surface area contributed by atoms with Crippen molar-refractivity contribution in [1.29, 1.82) is 0 Å². The first kappa shape index (κ1) is 19.1. The molecule has 0 N–H and O–H groups in total. The third-order valence-corrected chi connectivity index (χ3v) is 5.96. The summed E-state index contributed by atoms with van der Waals surface area (Å²) in [7, 11) is 0. The number of carbonyl (C=O) groups is 2. The predicted octanol–water partition coefficient (Wildman–Crippen LogP) is 3.21. The molecule has 7 heteroatoms. The summed E-state index contributed by atoms with van der Waals surface area (Å²) in [5.41, 5.74) is 3.77. The van der Waals surface area contributed by atoms with Gasteiger partial charge in [-0.2, -0.15) is 0 Å². The molecule has 2 aliphatic heterocycles. The summed E-state index contributed by atoms with van der Waals surface area (Å²) >= 11 is 0. The molecule has 29 heavy (non-hydrogen) atoms. The van der Waals surface area contributed by atoms with Crippen molar-refractivity contribution in [3.05, 3.63) is 69.3 Å². The van der Waals surface area contributed by atoms with Crippen molar-refractivity contribution in [3.63, 3.8) is 0 Å². The number of hydrogen-bond acceptors (Lipinski definition) is 5. The van der Waals surface area contributed by atoms with Gasteiger partial charge in [0, 0.05) is 55.5 Å². The first-order valence-corrected chi connectivity index (χ1v) is 9.90. The summed E-state index contributed by atoms with van der Waals surface area (Å²) in [4.78, 5) is 38.6. The van der Waals surface area contributed by atoms with Gasteiger partial charge in [-0.25, -0.2) is 0 Å². The number of nitrogens with zero attached hydrogens (tertiary/aromatic N) is 3. The maximum atomic E-state index is 13.0. The number of hydrogen-bond donors (Lipinski definition) is 0. The van der Waals surface area contributed by atoms with Crippen LogP contribution in [0.25, 0.3) is 0 Å². The van der Waals surface area contributed by atoms with E-state index in [0.717, 1.165) is 55.5 Å². The molecule has 0 atom stereocenters.